The molecule has 34 heavy (non-hydrogen) atoms. The molecule has 2 aromatic carbocycles. The van der Waals surface area contributed by atoms with E-state index in [9.17, 15) is 14.4 Å². The molecule has 2 aliphatic carbocycles. The van der Waals surface area contributed by atoms with Crippen molar-refractivity contribution in [2.75, 3.05) is 13.2 Å². The van der Waals surface area contributed by atoms with Gasteiger partial charge in [0.2, 0.25) is 5.91 Å². The van der Waals surface area contributed by atoms with Crippen LogP contribution in [0.15, 0.2) is 48.5 Å². The van der Waals surface area contributed by atoms with Crippen LogP contribution in [0.25, 0.3) is 11.1 Å². The summed E-state index contributed by atoms with van der Waals surface area (Å²) in [5, 5.41) is 23.7. The third kappa shape index (κ3) is 5.39. The molecule has 1 atom stereocenters. The van der Waals surface area contributed by atoms with Crippen LogP contribution in [-0.4, -0.2) is 53.0 Å². The molecule has 1 unspecified atom stereocenters. The monoisotopic (exact) mass is 466 g/mol. The summed E-state index contributed by atoms with van der Waals surface area (Å²) in [4.78, 5) is 36.6. The summed E-state index contributed by atoms with van der Waals surface area (Å²) in [6.45, 7) is 0.144. The normalized spacial score (nSPS) is 16.1. The molecule has 2 aliphatic rings. The number of fused-ring (bicyclic) bond motifs is 3. The van der Waals surface area contributed by atoms with Crippen LogP contribution < -0.4 is 10.6 Å². The molecular formula is C26H30N2O6. The quantitative estimate of drug-likeness (QED) is 0.403. The first kappa shape index (κ1) is 23.8. The number of rotatable bonds is 11. The molecule has 0 saturated heterocycles. The van der Waals surface area contributed by atoms with Crippen molar-refractivity contribution in [3.05, 3.63) is 59.7 Å². The first-order chi connectivity index (χ1) is 16.4. The molecule has 1 saturated carbocycles. The van der Waals surface area contributed by atoms with Gasteiger partial charge in [-0.1, -0.05) is 48.5 Å². The first-order valence-electron chi connectivity index (χ1n) is 11.7. The Morgan fingerprint density at radius 1 is 1.03 bits per heavy atom. The van der Waals surface area contributed by atoms with Crippen LogP contribution in [0.3, 0.4) is 0 Å². The Morgan fingerprint density at radius 3 is 2.21 bits per heavy atom. The third-order valence-corrected chi connectivity index (χ3v) is 6.65. The summed E-state index contributed by atoms with van der Waals surface area (Å²) >= 11 is 0. The lowest BCUT2D eigenvalue weighted by molar-refractivity contribution is -0.137. The smallest absolute Gasteiger partial charge is 0.407 e. The van der Waals surface area contributed by atoms with E-state index in [2.05, 4.69) is 10.6 Å². The van der Waals surface area contributed by atoms with Gasteiger partial charge in [-0.3, -0.25) is 9.59 Å². The molecule has 0 heterocycles. The van der Waals surface area contributed by atoms with Gasteiger partial charge in [0.1, 0.15) is 12.6 Å². The van der Waals surface area contributed by atoms with Crippen molar-refractivity contribution in [1.29, 1.82) is 0 Å². The number of hydrogen-bond donors (Lipinski definition) is 4. The highest BCUT2D eigenvalue weighted by Gasteiger charge is 2.44. The summed E-state index contributed by atoms with van der Waals surface area (Å²) in [6.07, 6.45) is 1.76. The summed E-state index contributed by atoms with van der Waals surface area (Å²) in [7, 11) is 0. The standard InChI is InChI=1S/C26H30N2O6/c29-15-5-12-26(13-14-26)28-24(32)22(10-11-23(30)31)27-25(33)34-16-21-19-8-3-1-6-17(19)18-7-2-4-9-20(18)21/h1-4,6-9,21-22,29H,5,10-16H2,(H,27,33)(H,28,32)(H,30,31). The average Bonchev–Trinajstić information content (AvgIpc) is 3.52. The molecule has 8 heteroatoms. The van der Waals surface area contributed by atoms with Crippen LogP contribution in [0.4, 0.5) is 4.79 Å². The summed E-state index contributed by atoms with van der Waals surface area (Å²) in [6, 6.07) is 15.0. The minimum absolute atomic E-state index is 0.0397. The van der Waals surface area contributed by atoms with Crippen molar-refractivity contribution < 1.29 is 29.3 Å². The van der Waals surface area contributed by atoms with Crippen molar-refractivity contribution in [2.24, 2.45) is 0 Å². The second-order valence-corrected chi connectivity index (χ2v) is 9.05. The average molecular weight is 467 g/mol. The number of nitrogens with one attached hydrogen (secondary N) is 2. The van der Waals surface area contributed by atoms with E-state index in [1.54, 1.807) is 0 Å². The molecule has 8 nitrogen and oxygen atoms in total. The van der Waals surface area contributed by atoms with Crippen molar-refractivity contribution in [1.82, 2.24) is 10.6 Å². The zero-order chi connectivity index (χ0) is 24.1. The number of carbonyl (C=O) groups is 3. The molecular weight excluding hydrogens is 436 g/mol. The number of aliphatic carboxylic acids is 1. The first-order valence-corrected chi connectivity index (χ1v) is 11.7. The van der Waals surface area contributed by atoms with Gasteiger partial charge in [-0.15, -0.1) is 0 Å². The van der Waals surface area contributed by atoms with E-state index in [0.29, 0.717) is 12.8 Å². The summed E-state index contributed by atoms with van der Waals surface area (Å²) in [5.74, 6) is -1.59. The Morgan fingerprint density at radius 2 is 1.65 bits per heavy atom. The van der Waals surface area contributed by atoms with Gasteiger partial charge in [0.15, 0.2) is 0 Å². The van der Waals surface area contributed by atoms with Gasteiger partial charge in [0.05, 0.1) is 0 Å². The van der Waals surface area contributed by atoms with Crippen molar-refractivity contribution in [3.63, 3.8) is 0 Å². The lowest BCUT2D eigenvalue weighted by Gasteiger charge is -2.23. The lowest BCUT2D eigenvalue weighted by Crippen LogP contribution is -2.51. The van der Waals surface area contributed by atoms with E-state index in [-0.39, 0.29) is 37.5 Å². The van der Waals surface area contributed by atoms with Crippen LogP contribution in [0.1, 0.15) is 55.6 Å². The Bertz CT molecular complexity index is 1020. The predicted octanol–water partition coefficient (Wildman–Crippen LogP) is 3.18. The van der Waals surface area contributed by atoms with Gasteiger partial charge in [-0.05, 0) is 54.4 Å². The molecule has 4 N–H and O–H groups in total. The number of carboxylic acid groups (broad SMARTS) is 1. The SMILES string of the molecule is O=C(O)CCC(NC(=O)OCC1c2ccccc2-c2ccccc21)C(=O)NC1(CCCO)CC1. The number of amides is 2. The van der Waals surface area contributed by atoms with Gasteiger partial charge >= 0.3 is 12.1 Å². The number of carboxylic acids is 1. The number of carbonyl (C=O) groups excluding carboxylic acids is 2. The third-order valence-electron chi connectivity index (χ3n) is 6.65. The Balaban J connectivity index is 1.39. The molecule has 0 aromatic heterocycles. The number of benzene rings is 2. The number of aliphatic hydroxyl groups is 1. The van der Waals surface area contributed by atoms with E-state index in [0.717, 1.165) is 35.1 Å². The van der Waals surface area contributed by atoms with E-state index < -0.39 is 24.0 Å². The summed E-state index contributed by atoms with van der Waals surface area (Å²) in [5.41, 5.74) is 4.02. The van der Waals surface area contributed by atoms with E-state index in [1.807, 2.05) is 48.5 Å². The maximum atomic E-state index is 12.9. The van der Waals surface area contributed by atoms with Crippen LogP contribution in [0.5, 0.6) is 0 Å². The molecule has 0 aliphatic heterocycles. The largest absolute Gasteiger partial charge is 0.481 e. The topological polar surface area (TPSA) is 125 Å². The maximum absolute atomic E-state index is 12.9. The fourth-order valence-electron chi connectivity index (χ4n) is 4.67. The summed E-state index contributed by atoms with van der Waals surface area (Å²) < 4.78 is 5.53. The zero-order valence-electron chi connectivity index (χ0n) is 19.0. The van der Waals surface area contributed by atoms with Crippen LogP contribution in [-0.2, 0) is 14.3 Å². The van der Waals surface area contributed by atoms with Crippen molar-refractivity contribution in [3.8, 4) is 11.1 Å². The van der Waals surface area contributed by atoms with Crippen molar-refractivity contribution >= 4 is 18.0 Å². The van der Waals surface area contributed by atoms with Gasteiger partial charge < -0.3 is 25.6 Å². The predicted molar refractivity (Wildman–Crippen MR) is 125 cm³/mol. The fourth-order valence-corrected chi connectivity index (χ4v) is 4.67. The number of ether oxygens (including phenoxy) is 1. The molecule has 0 bridgehead atoms. The number of aliphatic hydroxyl groups excluding tert-OH is 1. The Hall–Kier alpha value is -3.39. The lowest BCUT2D eigenvalue weighted by atomic mass is 9.98. The highest BCUT2D eigenvalue weighted by atomic mass is 16.5. The second kappa shape index (κ2) is 10.3. The van der Waals surface area contributed by atoms with E-state index in [1.165, 1.54) is 0 Å². The van der Waals surface area contributed by atoms with Crippen molar-refractivity contribution in [2.45, 2.75) is 56.0 Å². The van der Waals surface area contributed by atoms with Gasteiger partial charge in [-0.25, -0.2) is 4.79 Å². The van der Waals surface area contributed by atoms with Crippen LogP contribution in [0.2, 0.25) is 0 Å². The fraction of sp³-hybridized carbons (Fsp3) is 0.423. The highest BCUT2D eigenvalue weighted by Crippen LogP contribution is 2.44. The maximum Gasteiger partial charge on any atom is 0.407 e. The number of hydrogen-bond acceptors (Lipinski definition) is 5. The molecule has 180 valence electrons. The van der Waals surface area contributed by atoms with Gasteiger partial charge in [-0.2, -0.15) is 0 Å². The Kier molecular flexibility index (Phi) is 7.17. The zero-order valence-corrected chi connectivity index (χ0v) is 19.0. The minimum atomic E-state index is -1.05. The minimum Gasteiger partial charge on any atom is -0.481 e. The Labute approximate surface area is 198 Å². The van der Waals surface area contributed by atoms with Gasteiger partial charge in [0, 0.05) is 24.5 Å². The van der Waals surface area contributed by atoms with E-state index >= 15 is 0 Å². The molecule has 0 radical (unpaired) electrons. The number of alkyl carbamates (subject to hydrolysis) is 1. The second-order valence-electron chi connectivity index (χ2n) is 9.05. The van der Waals surface area contributed by atoms with Crippen LogP contribution in [0, 0.1) is 0 Å². The van der Waals surface area contributed by atoms with Gasteiger partial charge in [0.25, 0.3) is 0 Å². The highest BCUT2D eigenvalue weighted by molar-refractivity contribution is 5.87. The molecule has 4 rings (SSSR count). The molecule has 0 spiro atoms. The van der Waals surface area contributed by atoms with Crippen LogP contribution >= 0.6 is 0 Å². The molecule has 1 fully saturated rings. The van der Waals surface area contributed by atoms with E-state index in [4.69, 9.17) is 14.9 Å². The molecule has 2 aromatic rings. The molecule has 2 amide bonds.